The van der Waals surface area contributed by atoms with Crippen LogP contribution < -0.4 is 4.74 Å². The van der Waals surface area contributed by atoms with Crippen LogP contribution in [0.25, 0.3) is 22.4 Å². The third kappa shape index (κ3) is 4.39. The summed E-state index contributed by atoms with van der Waals surface area (Å²) in [5.74, 6) is 0.741. The van der Waals surface area contributed by atoms with Crippen LogP contribution >= 0.6 is 0 Å². The van der Waals surface area contributed by atoms with Crippen molar-refractivity contribution in [2.75, 3.05) is 33.3 Å². The van der Waals surface area contributed by atoms with Gasteiger partial charge in [-0.2, -0.15) is 5.10 Å². The molecule has 9 heteroatoms. The fourth-order valence-corrected chi connectivity index (χ4v) is 4.65. The molecule has 0 aliphatic carbocycles. The molecule has 1 aromatic carbocycles. The number of piperazine rings is 1. The Kier molecular flexibility index (Phi) is 6.25. The fraction of sp³-hybridized carbons (Fsp3) is 0.385. The van der Waals surface area contributed by atoms with Gasteiger partial charge in [-0.15, -0.1) is 0 Å². The van der Waals surface area contributed by atoms with Crippen LogP contribution in [0.1, 0.15) is 34.2 Å². The van der Waals surface area contributed by atoms with Crippen LogP contribution in [0.3, 0.4) is 0 Å². The summed E-state index contributed by atoms with van der Waals surface area (Å²) in [5.41, 5.74) is 5.62. The molecule has 9 nitrogen and oxygen atoms in total. The van der Waals surface area contributed by atoms with Crippen molar-refractivity contribution in [2.45, 2.75) is 33.9 Å². The molecule has 1 saturated heterocycles. The number of aryl methyl sites for hydroxylation is 2. The zero-order valence-corrected chi connectivity index (χ0v) is 20.6. The molecule has 0 atom stereocenters. The van der Waals surface area contributed by atoms with Gasteiger partial charge in [0.1, 0.15) is 5.75 Å². The molecule has 1 aliphatic heterocycles. The molecule has 0 radical (unpaired) electrons. The molecule has 3 aromatic heterocycles. The largest absolute Gasteiger partial charge is 0.497 e. The zero-order chi connectivity index (χ0) is 24.5. The maximum absolute atomic E-state index is 13.7. The number of ether oxygens (including phenoxy) is 1. The Morgan fingerprint density at radius 2 is 1.86 bits per heavy atom. The van der Waals surface area contributed by atoms with E-state index in [1.807, 2.05) is 53.0 Å². The molecule has 5 rings (SSSR count). The first-order chi connectivity index (χ1) is 17.0. The standard InChI is InChI=1S/C26H30N6O3/c1-5-32-18(3)20(15-27-32)16-30-10-12-31(13-11-30)26(33)22-14-23(19-6-8-21(34-4)9-7-19)28-25-24(22)17(2)29-35-25/h6-9,14-15H,5,10-13,16H2,1-4H3. The number of hydrogen-bond acceptors (Lipinski definition) is 7. The van der Waals surface area contributed by atoms with Crippen molar-refractivity contribution in [3.8, 4) is 17.0 Å². The number of carbonyl (C=O) groups is 1. The average Bonchev–Trinajstić information content (AvgIpc) is 3.45. The Labute approximate surface area is 204 Å². The molecule has 4 heterocycles. The molecule has 0 unspecified atom stereocenters. The second-order valence-electron chi connectivity index (χ2n) is 8.87. The highest BCUT2D eigenvalue weighted by Gasteiger charge is 2.27. The molecule has 0 N–H and O–H groups in total. The highest BCUT2D eigenvalue weighted by atomic mass is 16.5. The van der Waals surface area contributed by atoms with Crippen LogP contribution in [0.4, 0.5) is 0 Å². The number of amides is 1. The highest BCUT2D eigenvalue weighted by molar-refractivity contribution is 6.07. The van der Waals surface area contributed by atoms with Gasteiger partial charge in [0.2, 0.25) is 0 Å². The minimum Gasteiger partial charge on any atom is -0.497 e. The lowest BCUT2D eigenvalue weighted by Crippen LogP contribution is -2.48. The number of aromatic nitrogens is 4. The predicted molar refractivity (Wildman–Crippen MR) is 132 cm³/mol. The van der Waals surface area contributed by atoms with Gasteiger partial charge in [0.25, 0.3) is 11.6 Å². The van der Waals surface area contributed by atoms with Crippen molar-refractivity contribution in [1.29, 1.82) is 0 Å². The highest BCUT2D eigenvalue weighted by Crippen LogP contribution is 2.29. The number of methoxy groups -OCH3 is 1. The third-order valence-electron chi connectivity index (χ3n) is 6.79. The summed E-state index contributed by atoms with van der Waals surface area (Å²) in [6.45, 7) is 10.7. The van der Waals surface area contributed by atoms with E-state index in [-0.39, 0.29) is 5.91 Å². The molecule has 0 spiro atoms. The van der Waals surface area contributed by atoms with Crippen LogP contribution in [0.2, 0.25) is 0 Å². The lowest BCUT2D eigenvalue weighted by atomic mass is 10.0. The Morgan fingerprint density at radius 1 is 1.11 bits per heavy atom. The summed E-state index contributed by atoms with van der Waals surface area (Å²) in [6.07, 6.45) is 1.96. The van der Waals surface area contributed by atoms with E-state index >= 15 is 0 Å². The molecule has 1 amide bonds. The molecule has 0 saturated carbocycles. The van der Waals surface area contributed by atoms with Gasteiger partial charge in [0.15, 0.2) is 0 Å². The number of hydrogen-bond donors (Lipinski definition) is 0. The average molecular weight is 475 g/mol. The Morgan fingerprint density at radius 3 is 2.51 bits per heavy atom. The van der Waals surface area contributed by atoms with Gasteiger partial charge < -0.3 is 14.2 Å². The molecule has 35 heavy (non-hydrogen) atoms. The van der Waals surface area contributed by atoms with Crippen LogP contribution in [-0.2, 0) is 13.1 Å². The summed E-state index contributed by atoms with van der Waals surface area (Å²) < 4.78 is 12.7. The molecule has 1 aliphatic rings. The van der Waals surface area contributed by atoms with Crippen molar-refractivity contribution in [3.05, 3.63) is 59.0 Å². The minimum absolute atomic E-state index is 0.0203. The second kappa shape index (κ2) is 9.50. The van der Waals surface area contributed by atoms with E-state index in [0.29, 0.717) is 41.1 Å². The Hall–Kier alpha value is -3.72. The number of nitrogens with zero attached hydrogens (tertiary/aromatic N) is 6. The van der Waals surface area contributed by atoms with Crippen molar-refractivity contribution >= 4 is 17.0 Å². The van der Waals surface area contributed by atoms with Gasteiger partial charge in [0, 0.05) is 56.1 Å². The van der Waals surface area contributed by atoms with E-state index in [0.717, 1.165) is 37.5 Å². The normalized spacial score (nSPS) is 14.6. The number of carbonyl (C=O) groups excluding carboxylic acids is 1. The van der Waals surface area contributed by atoms with Gasteiger partial charge in [-0.05, 0) is 51.1 Å². The van der Waals surface area contributed by atoms with E-state index in [9.17, 15) is 4.79 Å². The number of benzene rings is 1. The topological polar surface area (TPSA) is 89.5 Å². The zero-order valence-electron chi connectivity index (χ0n) is 20.6. The van der Waals surface area contributed by atoms with E-state index in [2.05, 4.69) is 34.0 Å². The molecule has 4 aromatic rings. The summed E-state index contributed by atoms with van der Waals surface area (Å²) in [6, 6.07) is 9.45. The van der Waals surface area contributed by atoms with Crippen LogP contribution in [0, 0.1) is 13.8 Å². The molecule has 0 bridgehead atoms. The van der Waals surface area contributed by atoms with Crippen molar-refractivity contribution in [2.24, 2.45) is 0 Å². The number of pyridine rings is 1. The minimum atomic E-state index is -0.0203. The van der Waals surface area contributed by atoms with Gasteiger partial charge in [-0.1, -0.05) is 5.16 Å². The van der Waals surface area contributed by atoms with E-state index < -0.39 is 0 Å². The molecule has 1 fully saturated rings. The van der Waals surface area contributed by atoms with Crippen LogP contribution in [-0.4, -0.2) is 68.9 Å². The lowest BCUT2D eigenvalue weighted by Gasteiger charge is -2.34. The smallest absolute Gasteiger partial charge is 0.259 e. The van der Waals surface area contributed by atoms with Gasteiger partial charge >= 0.3 is 0 Å². The van der Waals surface area contributed by atoms with E-state index in [1.54, 1.807) is 7.11 Å². The van der Waals surface area contributed by atoms with Crippen molar-refractivity contribution in [3.63, 3.8) is 0 Å². The SMILES string of the molecule is CCn1ncc(CN2CCN(C(=O)c3cc(-c4ccc(OC)cc4)nc4onc(C)c34)CC2)c1C. The molecule has 182 valence electrons. The molecular formula is C26H30N6O3. The van der Waals surface area contributed by atoms with Gasteiger partial charge in [-0.25, -0.2) is 4.98 Å². The van der Waals surface area contributed by atoms with Crippen molar-refractivity contribution < 1.29 is 14.1 Å². The summed E-state index contributed by atoms with van der Waals surface area (Å²) >= 11 is 0. The predicted octanol–water partition coefficient (Wildman–Crippen LogP) is 3.69. The Bertz CT molecular complexity index is 1350. The lowest BCUT2D eigenvalue weighted by molar-refractivity contribution is 0.0630. The number of fused-ring (bicyclic) bond motifs is 1. The molecular weight excluding hydrogens is 444 g/mol. The maximum Gasteiger partial charge on any atom is 0.259 e. The maximum atomic E-state index is 13.7. The van der Waals surface area contributed by atoms with Crippen LogP contribution in [0.15, 0.2) is 41.1 Å². The van der Waals surface area contributed by atoms with E-state index in [4.69, 9.17) is 9.26 Å². The number of rotatable bonds is 6. The summed E-state index contributed by atoms with van der Waals surface area (Å²) in [7, 11) is 1.63. The Balaban J connectivity index is 1.36. The second-order valence-corrected chi connectivity index (χ2v) is 8.87. The van der Waals surface area contributed by atoms with Gasteiger partial charge in [-0.3, -0.25) is 14.4 Å². The summed E-state index contributed by atoms with van der Waals surface area (Å²) in [4.78, 5) is 22.6. The third-order valence-corrected chi connectivity index (χ3v) is 6.79. The monoisotopic (exact) mass is 474 g/mol. The van der Waals surface area contributed by atoms with E-state index in [1.165, 1.54) is 11.3 Å². The van der Waals surface area contributed by atoms with Gasteiger partial charge in [0.05, 0.1) is 35.6 Å². The quantitative estimate of drug-likeness (QED) is 0.421. The van der Waals surface area contributed by atoms with Crippen LogP contribution in [0.5, 0.6) is 5.75 Å². The first kappa shape index (κ1) is 23.0. The fourth-order valence-electron chi connectivity index (χ4n) is 4.65. The van der Waals surface area contributed by atoms with Crippen molar-refractivity contribution in [1.82, 2.24) is 29.7 Å². The first-order valence-electron chi connectivity index (χ1n) is 11.9. The summed E-state index contributed by atoms with van der Waals surface area (Å²) in [5, 5.41) is 9.21. The first-order valence-corrected chi connectivity index (χ1v) is 11.9.